The first-order valence-corrected chi connectivity index (χ1v) is 6.69. The number of benzene rings is 2. The topological polar surface area (TPSA) is 69.7 Å². The van der Waals surface area contributed by atoms with E-state index in [4.69, 9.17) is 16.3 Å². The molecule has 0 amide bonds. The Balaban J connectivity index is 2.25. The van der Waals surface area contributed by atoms with E-state index >= 15 is 0 Å². The predicted octanol–water partition coefficient (Wildman–Crippen LogP) is 3.26. The average molecular weight is 317 g/mol. The van der Waals surface area contributed by atoms with Crippen LogP contribution in [0.15, 0.2) is 36.4 Å². The van der Waals surface area contributed by atoms with Gasteiger partial charge in [0.05, 0.1) is 23.3 Å². The molecular formula is C16H9ClO5. The summed E-state index contributed by atoms with van der Waals surface area (Å²) in [5.74, 6) is -0.865. The highest BCUT2D eigenvalue weighted by atomic mass is 35.5. The SMILES string of the molecule is COC(=O)Oc1ccc(Cl)c2c1C(=O)c1ccccc1C2=O. The molecule has 2 aromatic rings. The highest BCUT2D eigenvalue weighted by Gasteiger charge is 2.34. The van der Waals surface area contributed by atoms with Gasteiger partial charge in [-0.05, 0) is 12.1 Å². The third-order valence-corrected chi connectivity index (χ3v) is 3.66. The molecular weight excluding hydrogens is 308 g/mol. The molecule has 6 heteroatoms. The van der Waals surface area contributed by atoms with Crippen molar-refractivity contribution >= 4 is 29.3 Å². The van der Waals surface area contributed by atoms with Crippen LogP contribution >= 0.6 is 11.6 Å². The van der Waals surface area contributed by atoms with Gasteiger partial charge < -0.3 is 9.47 Å². The van der Waals surface area contributed by atoms with E-state index in [9.17, 15) is 14.4 Å². The molecule has 5 nitrogen and oxygen atoms in total. The molecule has 0 atom stereocenters. The Kier molecular flexibility index (Phi) is 3.42. The molecule has 0 aliphatic heterocycles. The smallest absolute Gasteiger partial charge is 0.437 e. The van der Waals surface area contributed by atoms with Gasteiger partial charge in [0.15, 0.2) is 11.6 Å². The zero-order valence-corrected chi connectivity index (χ0v) is 12.1. The highest BCUT2D eigenvalue weighted by molar-refractivity contribution is 6.39. The van der Waals surface area contributed by atoms with Crippen LogP contribution in [0.25, 0.3) is 0 Å². The predicted molar refractivity (Wildman–Crippen MR) is 77.8 cm³/mol. The molecule has 22 heavy (non-hydrogen) atoms. The molecule has 0 unspecified atom stereocenters. The van der Waals surface area contributed by atoms with Crippen LogP contribution in [0.1, 0.15) is 31.8 Å². The van der Waals surface area contributed by atoms with Crippen molar-refractivity contribution in [2.75, 3.05) is 7.11 Å². The summed E-state index contributed by atoms with van der Waals surface area (Å²) in [5, 5.41) is 0.125. The summed E-state index contributed by atoms with van der Waals surface area (Å²) in [6.45, 7) is 0. The van der Waals surface area contributed by atoms with Gasteiger partial charge in [-0.1, -0.05) is 35.9 Å². The van der Waals surface area contributed by atoms with Crippen molar-refractivity contribution in [3.05, 3.63) is 63.7 Å². The van der Waals surface area contributed by atoms with Crippen LogP contribution in [0.5, 0.6) is 5.75 Å². The molecule has 0 N–H and O–H groups in total. The van der Waals surface area contributed by atoms with E-state index in [-0.39, 0.29) is 38.8 Å². The van der Waals surface area contributed by atoms with Gasteiger partial charge in [-0.25, -0.2) is 4.79 Å². The maximum atomic E-state index is 12.7. The molecule has 0 bridgehead atoms. The number of ether oxygens (including phenoxy) is 2. The summed E-state index contributed by atoms with van der Waals surface area (Å²) in [7, 11) is 1.15. The second-order valence-electron chi connectivity index (χ2n) is 4.56. The van der Waals surface area contributed by atoms with Crippen LogP contribution in [0.2, 0.25) is 5.02 Å². The largest absolute Gasteiger partial charge is 0.513 e. The van der Waals surface area contributed by atoms with Crippen LogP contribution in [0, 0.1) is 0 Å². The van der Waals surface area contributed by atoms with Gasteiger partial charge in [-0.15, -0.1) is 0 Å². The van der Waals surface area contributed by atoms with Crippen molar-refractivity contribution in [2.45, 2.75) is 0 Å². The first kappa shape index (κ1) is 14.3. The Morgan fingerprint density at radius 1 is 0.955 bits per heavy atom. The Morgan fingerprint density at radius 3 is 2.14 bits per heavy atom. The van der Waals surface area contributed by atoms with Crippen molar-refractivity contribution in [3.63, 3.8) is 0 Å². The van der Waals surface area contributed by atoms with Gasteiger partial charge >= 0.3 is 6.16 Å². The third kappa shape index (κ3) is 2.07. The van der Waals surface area contributed by atoms with Gasteiger partial charge in [-0.3, -0.25) is 9.59 Å². The number of hydrogen-bond donors (Lipinski definition) is 0. The van der Waals surface area contributed by atoms with Gasteiger partial charge in [-0.2, -0.15) is 0 Å². The molecule has 2 aromatic carbocycles. The standard InChI is InChI=1S/C16H9ClO5/c1-21-16(20)22-11-7-6-10(17)12-13(11)15(19)9-5-3-2-4-8(9)14(12)18/h2-7H,1H3. The molecule has 0 aromatic heterocycles. The van der Waals surface area contributed by atoms with E-state index < -0.39 is 11.9 Å². The zero-order chi connectivity index (χ0) is 15.9. The fourth-order valence-electron chi connectivity index (χ4n) is 2.37. The normalized spacial score (nSPS) is 12.5. The van der Waals surface area contributed by atoms with Gasteiger partial charge in [0, 0.05) is 11.1 Å². The molecule has 1 aliphatic rings. The number of carbonyl (C=O) groups excluding carboxylic acids is 3. The third-order valence-electron chi connectivity index (χ3n) is 3.35. The summed E-state index contributed by atoms with van der Waals surface area (Å²) >= 11 is 6.07. The first-order valence-electron chi connectivity index (χ1n) is 6.31. The van der Waals surface area contributed by atoms with Crippen molar-refractivity contribution in [3.8, 4) is 5.75 Å². The van der Waals surface area contributed by atoms with E-state index in [0.29, 0.717) is 0 Å². The Morgan fingerprint density at radius 2 is 1.55 bits per heavy atom. The number of fused-ring (bicyclic) bond motifs is 2. The molecule has 0 heterocycles. The van der Waals surface area contributed by atoms with Crippen LogP contribution in [0.4, 0.5) is 4.79 Å². The molecule has 110 valence electrons. The molecule has 3 rings (SSSR count). The second kappa shape index (κ2) is 5.27. The number of methoxy groups -OCH3 is 1. The maximum Gasteiger partial charge on any atom is 0.513 e. The lowest BCUT2D eigenvalue weighted by molar-refractivity contribution is 0.0970. The van der Waals surface area contributed by atoms with Crippen molar-refractivity contribution in [1.82, 2.24) is 0 Å². The van der Waals surface area contributed by atoms with Gasteiger partial charge in [0.1, 0.15) is 5.75 Å². The summed E-state index contributed by atoms with van der Waals surface area (Å²) in [4.78, 5) is 36.5. The van der Waals surface area contributed by atoms with E-state index in [1.165, 1.54) is 12.1 Å². The Bertz CT molecular complexity index is 825. The molecule has 0 spiro atoms. The van der Waals surface area contributed by atoms with Crippen LogP contribution in [0.3, 0.4) is 0 Å². The lowest BCUT2D eigenvalue weighted by atomic mass is 9.83. The summed E-state index contributed by atoms with van der Waals surface area (Å²) < 4.78 is 9.37. The zero-order valence-electron chi connectivity index (χ0n) is 11.4. The van der Waals surface area contributed by atoms with Crippen LogP contribution < -0.4 is 4.74 Å². The number of halogens is 1. The Hall–Kier alpha value is -2.66. The maximum absolute atomic E-state index is 12.7. The van der Waals surface area contributed by atoms with E-state index in [0.717, 1.165) is 7.11 Å². The van der Waals surface area contributed by atoms with Gasteiger partial charge in [0.25, 0.3) is 0 Å². The van der Waals surface area contributed by atoms with Crippen LogP contribution in [-0.4, -0.2) is 24.8 Å². The Labute approximate surface area is 130 Å². The molecule has 0 fully saturated rings. The van der Waals surface area contributed by atoms with E-state index in [1.54, 1.807) is 24.3 Å². The summed E-state index contributed by atoms with van der Waals surface area (Å²) in [6.07, 6.45) is -0.983. The molecule has 0 saturated carbocycles. The van der Waals surface area contributed by atoms with E-state index in [2.05, 4.69) is 4.74 Å². The quantitative estimate of drug-likeness (QED) is 0.509. The monoisotopic (exact) mass is 316 g/mol. The molecule has 1 aliphatic carbocycles. The summed E-state index contributed by atoms with van der Waals surface area (Å²) in [5.41, 5.74) is 0.530. The minimum atomic E-state index is -0.983. The van der Waals surface area contributed by atoms with Crippen molar-refractivity contribution < 1.29 is 23.9 Å². The second-order valence-corrected chi connectivity index (χ2v) is 4.96. The lowest BCUT2D eigenvalue weighted by Crippen LogP contribution is -2.23. The molecule has 0 saturated heterocycles. The molecule has 0 radical (unpaired) electrons. The average Bonchev–Trinajstić information content (AvgIpc) is 2.54. The van der Waals surface area contributed by atoms with Crippen molar-refractivity contribution in [1.29, 1.82) is 0 Å². The lowest BCUT2D eigenvalue weighted by Gasteiger charge is -2.20. The minimum absolute atomic E-state index is 0.0263. The number of hydrogen-bond acceptors (Lipinski definition) is 5. The number of carbonyl (C=O) groups is 3. The van der Waals surface area contributed by atoms with Crippen LogP contribution in [-0.2, 0) is 4.74 Å². The van der Waals surface area contributed by atoms with Crippen molar-refractivity contribution in [2.24, 2.45) is 0 Å². The summed E-state index contributed by atoms with van der Waals surface area (Å²) in [6, 6.07) is 9.18. The fraction of sp³-hybridized carbons (Fsp3) is 0.0625. The number of ketones is 2. The highest BCUT2D eigenvalue weighted by Crippen LogP contribution is 2.37. The van der Waals surface area contributed by atoms with E-state index in [1.807, 2.05) is 0 Å². The first-order chi connectivity index (χ1) is 10.5. The van der Waals surface area contributed by atoms with Gasteiger partial charge in [0.2, 0.25) is 0 Å². The minimum Gasteiger partial charge on any atom is -0.437 e. The fourth-order valence-corrected chi connectivity index (χ4v) is 2.61. The number of rotatable bonds is 1.